The molecule has 1 fully saturated rings. The molecule has 0 radical (unpaired) electrons. The number of nitrogens with zero attached hydrogens (tertiary/aromatic N) is 1. The molecular weight excluding hydrogens is 284 g/mol. The van der Waals surface area contributed by atoms with Crippen molar-refractivity contribution in [2.75, 3.05) is 24.5 Å². The second-order valence-electron chi connectivity index (χ2n) is 6.12. The van der Waals surface area contributed by atoms with Crippen molar-refractivity contribution in [1.29, 1.82) is 0 Å². The monoisotopic (exact) mass is 308 g/mol. The summed E-state index contributed by atoms with van der Waals surface area (Å²) in [5.74, 6) is 0.0879. The summed E-state index contributed by atoms with van der Waals surface area (Å²) in [6.45, 7) is 3.04. The fourth-order valence-electron chi connectivity index (χ4n) is 3.04. The molecule has 2 aromatic rings. The lowest BCUT2D eigenvalue weighted by molar-refractivity contribution is -0.120. The highest BCUT2D eigenvalue weighted by Gasteiger charge is 2.11. The standard InChI is InChI=1S/C20H24N2O/c23-20(16-18-6-2-1-3-7-18)21-13-12-17-8-10-19(11-9-17)22-14-4-5-15-22/h1-3,6-11H,4-5,12-16H2,(H,21,23). The molecule has 1 N–H and O–H groups in total. The molecule has 2 aromatic carbocycles. The van der Waals surface area contributed by atoms with Crippen LogP contribution in [-0.2, 0) is 17.6 Å². The van der Waals surface area contributed by atoms with Crippen LogP contribution in [0, 0.1) is 0 Å². The first-order valence-corrected chi connectivity index (χ1v) is 8.46. The predicted molar refractivity (Wildman–Crippen MR) is 94.7 cm³/mol. The Hall–Kier alpha value is -2.29. The van der Waals surface area contributed by atoms with Gasteiger partial charge in [-0.1, -0.05) is 42.5 Å². The summed E-state index contributed by atoms with van der Waals surface area (Å²) in [7, 11) is 0. The zero-order chi connectivity index (χ0) is 15.9. The Labute approximate surface area is 138 Å². The number of benzene rings is 2. The number of hydrogen-bond acceptors (Lipinski definition) is 2. The molecule has 1 aliphatic rings. The van der Waals surface area contributed by atoms with Crippen LogP contribution in [0.4, 0.5) is 5.69 Å². The van der Waals surface area contributed by atoms with Gasteiger partial charge in [0.1, 0.15) is 0 Å². The molecule has 0 atom stereocenters. The molecular formula is C20H24N2O. The van der Waals surface area contributed by atoms with Gasteiger partial charge in [-0.05, 0) is 42.5 Å². The molecule has 0 saturated carbocycles. The van der Waals surface area contributed by atoms with E-state index in [1.54, 1.807) is 0 Å². The quantitative estimate of drug-likeness (QED) is 0.889. The number of anilines is 1. The average Bonchev–Trinajstić information content (AvgIpc) is 3.11. The largest absolute Gasteiger partial charge is 0.372 e. The molecule has 0 spiro atoms. The Morgan fingerprint density at radius 1 is 0.913 bits per heavy atom. The lowest BCUT2D eigenvalue weighted by atomic mass is 10.1. The third-order valence-corrected chi connectivity index (χ3v) is 4.35. The van der Waals surface area contributed by atoms with Gasteiger partial charge in [-0.3, -0.25) is 4.79 Å². The highest BCUT2D eigenvalue weighted by atomic mass is 16.1. The number of hydrogen-bond donors (Lipinski definition) is 1. The summed E-state index contributed by atoms with van der Waals surface area (Å²) < 4.78 is 0. The van der Waals surface area contributed by atoms with E-state index in [0.29, 0.717) is 13.0 Å². The Balaban J connectivity index is 1.42. The molecule has 3 nitrogen and oxygen atoms in total. The Morgan fingerprint density at radius 2 is 1.61 bits per heavy atom. The Bertz CT molecular complexity index is 616. The Morgan fingerprint density at radius 3 is 2.30 bits per heavy atom. The van der Waals surface area contributed by atoms with Gasteiger partial charge in [0.25, 0.3) is 0 Å². The predicted octanol–water partition coefficient (Wildman–Crippen LogP) is 3.19. The number of amides is 1. The molecule has 3 heteroatoms. The average molecular weight is 308 g/mol. The molecule has 3 rings (SSSR count). The normalized spacial score (nSPS) is 14.0. The molecule has 0 unspecified atom stereocenters. The topological polar surface area (TPSA) is 32.3 Å². The second-order valence-corrected chi connectivity index (χ2v) is 6.12. The van der Waals surface area contributed by atoms with Gasteiger partial charge in [-0.25, -0.2) is 0 Å². The van der Waals surface area contributed by atoms with Gasteiger partial charge in [0.05, 0.1) is 6.42 Å². The number of rotatable bonds is 6. The smallest absolute Gasteiger partial charge is 0.224 e. The number of carbonyl (C=O) groups excluding carboxylic acids is 1. The second kappa shape index (κ2) is 7.82. The number of carbonyl (C=O) groups is 1. The van der Waals surface area contributed by atoms with Crippen LogP contribution < -0.4 is 10.2 Å². The summed E-state index contributed by atoms with van der Waals surface area (Å²) in [4.78, 5) is 14.3. The van der Waals surface area contributed by atoms with Gasteiger partial charge in [-0.2, -0.15) is 0 Å². The first-order valence-electron chi connectivity index (χ1n) is 8.46. The zero-order valence-electron chi connectivity index (χ0n) is 13.5. The van der Waals surface area contributed by atoms with Crippen LogP contribution in [0.1, 0.15) is 24.0 Å². The first kappa shape index (κ1) is 15.6. The van der Waals surface area contributed by atoms with Crippen molar-refractivity contribution in [3.8, 4) is 0 Å². The van der Waals surface area contributed by atoms with Crippen LogP contribution in [-0.4, -0.2) is 25.5 Å². The first-order chi connectivity index (χ1) is 11.3. The van der Waals surface area contributed by atoms with Gasteiger partial charge in [0.2, 0.25) is 5.91 Å². The van der Waals surface area contributed by atoms with Gasteiger partial charge in [0, 0.05) is 25.3 Å². The van der Waals surface area contributed by atoms with Gasteiger partial charge < -0.3 is 10.2 Å². The maximum Gasteiger partial charge on any atom is 0.224 e. The van der Waals surface area contributed by atoms with Crippen molar-refractivity contribution in [1.82, 2.24) is 5.32 Å². The van der Waals surface area contributed by atoms with Crippen molar-refractivity contribution in [2.24, 2.45) is 0 Å². The van der Waals surface area contributed by atoms with Crippen LogP contribution >= 0.6 is 0 Å². The molecule has 1 amide bonds. The summed E-state index contributed by atoms with van der Waals surface area (Å²) in [5, 5.41) is 3.00. The fraction of sp³-hybridized carbons (Fsp3) is 0.350. The lowest BCUT2D eigenvalue weighted by Crippen LogP contribution is -2.27. The summed E-state index contributed by atoms with van der Waals surface area (Å²) >= 11 is 0. The minimum atomic E-state index is 0.0879. The van der Waals surface area contributed by atoms with E-state index >= 15 is 0 Å². The molecule has 23 heavy (non-hydrogen) atoms. The van der Waals surface area contributed by atoms with E-state index in [2.05, 4.69) is 34.5 Å². The zero-order valence-corrected chi connectivity index (χ0v) is 13.5. The Kier molecular flexibility index (Phi) is 5.30. The van der Waals surface area contributed by atoms with Crippen LogP contribution in [0.25, 0.3) is 0 Å². The highest BCUT2D eigenvalue weighted by Crippen LogP contribution is 2.20. The van der Waals surface area contributed by atoms with E-state index in [9.17, 15) is 4.79 Å². The minimum Gasteiger partial charge on any atom is -0.372 e. The molecule has 1 saturated heterocycles. The third-order valence-electron chi connectivity index (χ3n) is 4.35. The van der Waals surface area contributed by atoms with E-state index in [1.807, 2.05) is 30.3 Å². The highest BCUT2D eigenvalue weighted by molar-refractivity contribution is 5.78. The summed E-state index contributed by atoms with van der Waals surface area (Å²) in [5.41, 5.74) is 3.65. The van der Waals surface area contributed by atoms with Gasteiger partial charge >= 0.3 is 0 Å². The number of nitrogens with one attached hydrogen (secondary N) is 1. The molecule has 120 valence electrons. The van der Waals surface area contributed by atoms with E-state index in [0.717, 1.165) is 12.0 Å². The van der Waals surface area contributed by atoms with E-state index in [4.69, 9.17) is 0 Å². The maximum absolute atomic E-state index is 11.9. The summed E-state index contributed by atoms with van der Waals surface area (Å²) in [6, 6.07) is 18.6. The van der Waals surface area contributed by atoms with Crippen molar-refractivity contribution in [2.45, 2.75) is 25.7 Å². The van der Waals surface area contributed by atoms with Crippen LogP contribution in [0.15, 0.2) is 54.6 Å². The molecule has 1 heterocycles. The van der Waals surface area contributed by atoms with Crippen LogP contribution in [0.2, 0.25) is 0 Å². The van der Waals surface area contributed by atoms with E-state index in [1.165, 1.54) is 37.2 Å². The SMILES string of the molecule is O=C(Cc1ccccc1)NCCc1ccc(N2CCCC2)cc1. The van der Waals surface area contributed by atoms with E-state index in [-0.39, 0.29) is 5.91 Å². The maximum atomic E-state index is 11.9. The molecule has 0 aromatic heterocycles. The van der Waals surface area contributed by atoms with Gasteiger partial charge in [0.15, 0.2) is 0 Å². The molecule has 0 bridgehead atoms. The van der Waals surface area contributed by atoms with E-state index < -0.39 is 0 Å². The molecule has 1 aliphatic heterocycles. The van der Waals surface area contributed by atoms with Crippen molar-refractivity contribution < 1.29 is 4.79 Å². The van der Waals surface area contributed by atoms with Gasteiger partial charge in [-0.15, -0.1) is 0 Å². The van der Waals surface area contributed by atoms with Crippen molar-refractivity contribution in [3.05, 3.63) is 65.7 Å². The lowest BCUT2D eigenvalue weighted by Gasteiger charge is -2.17. The summed E-state index contributed by atoms with van der Waals surface area (Å²) in [6.07, 6.45) is 3.93. The van der Waals surface area contributed by atoms with Crippen molar-refractivity contribution in [3.63, 3.8) is 0 Å². The fourth-order valence-corrected chi connectivity index (χ4v) is 3.04. The van der Waals surface area contributed by atoms with Crippen LogP contribution in [0.3, 0.4) is 0 Å². The van der Waals surface area contributed by atoms with Crippen LogP contribution in [0.5, 0.6) is 0 Å². The minimum absolute atomic E-state index is 0.0879. The third kappa shape index (κ3) is 4.59. The molecule has 0 aliphatic carbocycles. The van der Waals surface area contributed by atoms with Crippen molar-refractivity contribution >= 4 is 11.6 Å².